The van der Waals surface area contributed by atoms with Gasteiger partial charge >= 0.3 is 0 Å². The minimum absolute atomic E-state index is 0.221. The van der Waals surface area contributed by atoms with Crippen molar-refractivity contribution in [3.05, 3.63) is 78.1 Å². The van der Waals surface area contributed by atoms with Crippen molar-refractivity contribution in [1.29, 1.82) is 0 Å². The van der Waals surface area contributed by atoms with Gasteiger partial charge in [-0.15, -0.1) is 0 Å². The number of pyridine rings is 1. The second-order valence-corrected chi connectivity index (χ2v) is 6.11. The van der Waals surface area contributed by atoms with Gasteiger partial charge in [-0.1, -0.05) is 41.6 Å². The zero-order valence-corrected chi connectivity index (χ0v) is 14.4. The summed E-state index contributed by atoms with van der Waals surface area (Å²) in [5, 5.41) is 5.26. The van der Waals surface area contributed by atoms with Gasteiger partial charge in [-0.25, -0.2) is 0 Å². The molecule has 0 bridgehead atoms. The number of methoxy groups -OCH3 is 1. The van der Waals surface area contributed by atoms with Crippen molar-refractivity contribution >= 4 is 11.0 Å². The van der Waals surface area contributed by atoms with Crippen molar-refractivity contribution in [3.63, 3.8) is 0 Å². The summed E-state index contributed by atoms with van der Waals surface area (Å²) in [7, 11) is 1.64. The number of hydrogen-bond acceptors (Lipinski definition) is 5. The third-order valence-electron chi connectivity index (χ3n) is 4.45. The van der Waals surface area contributed by atoms with E-state index >= 15 is 0 Å². The Labute approximate surface area is 151 Å². The highest BCUT2D eigenvalue weighted by atomic mass is 16.5. The Kier molecular flexibility index (Phi) is 4.37. The van der Waals surface area contributed by atoms with Crippen LogP contribution in [0.3, 0.4) is 0 Å². The number of aromatic nitrogens is 2. The van der Waals surface area contributed by atoms with Gasteiger partial charge in [0.2, 0.25) is 0 Å². The number of fused-ring (bicyclic) bond motifs is 1. The fourth-order valence-corrected chi connectivity index (χ4v) is 3.15. The van der Waals surface area contributed by atoms with Gasteiger partial charge in [-0.3, -0.25) is 4.98 Å². The van der Waals surface area contributed by atoms with Gasteiger partial charge in [-0.05, 0) is 23.8 Å². The van der Waals surface area contributed by atoms with E-state index in [2.05, 4.69) is 10.1 Å². The molecule has 2 aromatic carbocycles. The van der Waals surface area contributed by atoms with E-state index in [1.54, 1.807) is 13.3 Å². The van der Waals surface area contributed by atoms with Crippen molar-refractivity contribution in [2.75, 3.05) is 7.11 Å². The van der Waals surface area contributed by atoms with Crippen molar-refractivity contribution in [2.45, 2.75) is 12.5 Å². The standard InChI is InChI=1S/C21H19N3O2/c1-25-15-10-11-23-14(12-15)13-19(22)16-6-2-3-7-17(16)21-18-8-4-5-9-20(18)26-24-21/h2-12,19H,13,22H2,1H3. The predicted octanol–water partition coefficient (Wildman–Crippen LogP) is 4.14. The smallest absolute Gasteiger partial charge is 0.167 e. The number of nitrogens with two attached hydrogens (primary N) is 1. The maximum absolute atomic E-state index is 6.53. The highest BCUT2D eigenvalue weighted by molar-refractivity contribution is 5.92. The van der Waals surface area contributed by atoms with Gasteiger partial charge in [0.25, 0.3) is 0 Å². The molecule has 1 atom stereocenters. The Hall–Kier alpha value is -3.18. The molecule has 4 aromatic rings. The van der Waals surface area contributed by atoms with Crippen LogP contribution in [0.2, 0.25) is 0 Å². The van der Waals surface area contributed by atoms with Crippen LogP contribution in [0.4, 0.5) is 0 Å². The maximum Gasteiger partial charge on any atom is 0.167 e. The summed E-state index contributed by atoms with van der Waals surface area (Å²) in [5.74, 6) is 0.776. The zero-order chi connectivity index (χ0) is 17.9. The quantitative estimate of drug-likeness (QED) is 0.588. The summed E-state index contributed by atoms with van der Waals surface area (Å²) in [4.78, 5) is 4.40. The summed E-state index contributed by atoms with van der Waals surface area (Å²) in [6.45, 7) is 0. The molecule has 0 saturated carbocycles. The van der Waals surface area contributed by atoms with E-state index in [0.717, 1.165) is 39.2 Å². The van der Waals surface area contributed by atoms with Gasteiger partial charge < -0.3 is 15.0 Å². The molecule has 5 heteroatoms. The molecule has 0 amide bonds. The van der Waals surface area contributed by atoms with Crippen molar-refractivity contribution < 1.29 is 9.26 Å². The number of rotatable bonds is 5. The highest BCUT2D eigenvalue weighted by Gasteiger charge is 2.18. The summed E-state index contributed by atoms with van der Waals surface area (Å²) in [6.07, 6.45) is 2.34. The molecular weight excluding hydrogens is 326 g/mol. The van der Waals surface area contributed by atoms with Crippen LogP contribution in [0.1, 0.15) is 17.3 Å². The lowest BCUT2D eigenvalue weighted by molar-refractivity contribution is 0.413. The number of benzene rings is 2. The summed E-state index contributed by atoms with van der Waals surface area (Å²) < 4.78 is 10.7. The Balaban J connectivity index is 1.71. The molecule has 2 heterocycles. The SMILES string of the molecule is COc1ccnc(CC(N)c2ccccc2-c2noc3ccccc23)c1. The van der Waals surface area contributed by atoms with Crippen LogP contribution in [-0.2, 0) is 6.42 Å². The lowest BCUT2D eigenvalue weighted by Gasteiger charge is -2.15. The minimum atomic E-state index is -0.221. The molecule has 0 aliphatic heterocycles. The molecule has 2 aromatic heterocycles. The van der Waals surface area contributed by atoms with Crippen molar-refractivity contribution in [3.8, 4) is 17.0 Å². The van der Waals surface area contributed by atoms with Crippen molar-refractivity contribution in [2.24, 2.45) is 5.73 Å². The summed E-state index contributed by atoms with van der Waals surface area (Å²) in [5.41, 5.74) is 11.0. The maximum atomic E-state index is 6.53. The Morgan fingerprint density at radius 3 is 2.77 bits per heavy atom. The fraction of sp³-hybridized carbons (Fsp3) is 0.143. The van der Waals surface area contributed by atoms with E-state index < -0.39 is 0 Å². The molecule has 0 saturated heterocycles. The van der Waals surface area contributed by atoms with Crippen LogP contribution in [0.25, 0.3) is 22.2 Å². The van der Waals surface area contributed by atoms with Crippen LogP contribution in [0.15, 0.2) is 71.4 Å². The molecule has 0 aliphatic rings. The highest BCUT2D eigenvalue weighted by Crippen LogP contribution is 2.33. The van der Waals surface area contributed by atoms with Crippen molar-refractivity contribution in [1.82, 2.24) is 10.1 Å². The molecule has 0 radical (unpaired) electrons. The van der Waals surface area contributed by atoms with Crippen LogP contribution in [0.5, 0.6) is 5.75 Å². The Morgan fingerprint density at radius 1 is 1.08 bits per heavy atom. The van der Waals surface area contributed by atoms with Gasteiger partial charge in [0.05, 0.1) is 7.11 Å². The lowest BCUT2D eigenvalue weighted by atomic mass is 9.94. The van der Waals surface area contributed by atoms with Crippen LogP contribution >= 0.6 is 0 Å². The largest absolute Gasteiger partial charge is 0.497 e. The Morgan fingerprint density at radius 2 is 1.88 bits per heavy atom. The molecule has 0 aliphatic carbocycles. The van der Waals surface area contributed by atoms with E-state index in [1.165, 1.54) is 0 Å². The molecule has 26 heavy (non-hydrogen) atoms. The number of nitrogens with zero attached hydrogens (tertiary/aromatic N) is 2. The first-order valence-corrected chi connectivity index (χ1v) is 8.44. The minimum Gasteiger partial charge on any atom is -0.497 e. The van der Waals surface area contributed by atoms with Gasteiger partial charge in [0.1, 0.15) is 11.4 Å². The monoisotopic (exact) mass is 345 g/mol. The topological polar surface area (TPSA) is 74.2 Å². The number of hydrogen-bond donors (Lipinski definition) is 1. The van der Waals surface area contributed by atoms with E-state index in [9.17, 15) is 0 Å². The lowest BCUT2D eigenvalue weighted by Crippen LogP contribution is -2.15. The van der Waals surface area contributed by atoms with E-state index in [1.807, 2.05) is 60.7 Å². The first-order valence-electron chi connectivity index (χ1n) is 8.44. The van der Waals surface area contributed by atoms with Crippen LogP contribution < -0.4 is 10.5 Å². The number of para-hydroxylation sites is 1. The van der Waals surface area contributed by atoms with Gasteiger partial charge in [-0.2, -0.15) is 0 Å². The Bertz CT molecular complexity index is 1040. The third kappa shape index (κ3) is 3.05. The second-order valence-electron chi connectivity index (χ2n) is 6.11. The second kappa shape index (κ2) is 6.98. The molecule has 0 spiro atoms. The van der Waals surface area contributed by atoms with E-state index in [-0.39, 0.29) is 6.04 Å². The molecule has 5 nitrogen and oxygen atoms in total. The summed E-state index contributed by atoms with van der Waals surface area (Å²) >= 11 is 0. The average Bonchev–Trinajstić information content (AvgIpc) is 3.12. The normalized spacial score (nSPS) is 12.2. The molecule has 0 fully saturated rings. The third-order valence-corrected chi connectivity index (χ3v) is 4.45. The first-order chi connectivity index (χ1) is 12.8. The first kappa shape index (κ1) is 16.3. The van der Waals surface area contributed by atoms with E-state index in [4.69, 9.17) is 15.0 Å². The predicted molar refractivity (Wildman–Crippen MR) is 101 cm³/mol. The molecule has 130 valence electrons. The fourth-order valence-electron chi connectivity index (χ4n) is 3.15. The molecule has 2 N–H and O–H groups in total. The summed E-state index contributed by atoms with van der Waals surface area (Å²) in [6, 6.07) is 19.4. The number of ether oxygens (including phenoxy) is 1. The van der Waals surface area contributed by atoms with Crippen LogP contribution in [0, 0.1) is 0 Å². The molecular formula is C21H19N3O2. The van der Waals surface area contributed by atoms with Gasteiger partial charge in [0.15, 0.2) is 5.58 Å². The molecule has 1 unspecified atom stereocenters. The van der Waals surface area contributed by atoms with E-state index in [0.29, 0.717) is 6.42 Å². The van der Waals surface area contributed by atoms with Crippen LogP contribution in [-0.4, -0.2) is 17.3 Å². The van der Waals surface area contributed by atoms with Gasteiger partial charge in [0, 0.05) is 41.4 Å². The molecule has 4 rings (SSSR count). The average molecular weight is 345 g/mol. The zero-order valence-electron chi connectivity index (χ0n) is 14.4.